The number of hydrogen-bond acceptors (Lipinski definition) is 3. The standard InChI is InChI=1S/C6H8F3NO3/c1-3(4(11)13-2)10-5(12)6(7,8)9/h3H,1-2H3,(H,10,12)/t3-/m0/s1/i1D. The van der Waals surface area contributed by atoms with Gasteiger partial charge in [-0.25, -0.2) is 4.79 Å². The molecule has 0 saturated carbocycles. The number of rotatable bonds is 2. The van der Waals surface area contributed by atoms with E-state index >= 15 is 0 Å². The zero-order valence-electron chi connectivity index (χ0n) is 7.64. The molecule has 1 N–H and O–H groups in total. The van der Waals surface area contributed by atoms with E-state index in [1.54, 1.807) is 0 Å². The van der Waals surface area contributed by atoms with E-state index in [-0.39, 0.29) is 0 Å². The van der Waals surface area contributed by atoms with Crippen LogP contribution in [0, 0.1) is 0 Å². The maximum atomic E-state index is 11.7. The average molecular weight is 200 g/mol. The molecular weight excluding hydrogens is 191 g/mol. The van der Waals surface area contributed by atoms with Crippen molar-refractivity contribution in [3.05, 3.63) is 0 Å². The van der Waals surface area contributed by atoms with E-state index in [0.29, 0.717) is 0 Å². The van der Waals surface area contributed by atoms with E-state index in [1.807, 2.05) is 0 Å². The fourth-order valence-electron chi connectivity index (χ4n) is 0.441. The second kappa shape index (κ2) is 4.11. The van der Waals surface area contributed by atoms with Crippen molar-refractivity contribution in [2.24, 2.45) is 0 Å². The van der Waals surface area contributed by atoms with Gasteiger partial charge in [-0.2, -0.15) is 13.2 Å². The minimum Gasteiger partial charge on any atom is -0.467 e. The van der Waals surface area contributed by atoms with Gasteiger partial charge in [-0.15, -0.1) is 0 Å². The number of carbonyl (C=O) groups excluding carboxylic acids is 2. The monoisotopic (exact) mass is 200 g/mol. The summed E-state index contributed by atoms with van der Waals surface area (Å²) in [6.45, 7) is -0.714. The molecule has 0 aromatic heterocycles. The maximum absolute atomic E-state index is 11.7. The number of amides is 1. The highest BCUT2D eigenvalue weighted by atomic mass is 19.4. The van der Waals surface area contributed by atoms with Crippen LogP contribution in [0.1, 0.15) is 8.27 Å². The third-order valence-electron chi connectivity index (χ3n) is 1.05. The van der Waals surface area contributed by atoms with E-state index in [2.05, 4.69) is 4.74 Å². The third kappa shape index (κ3) is 3.77. The Morgan fingerprint density at radius 3 is 2.38 bits per heavy atom. The number of methoxy groups -OCH3 is 1. The second-order valence-electron chi connectivity index (χ2n) is 2.05. The fourth-order valence-corrected chi connectivity index (χ4v) is 0.441. The third-order valence-corrected chi connectivity index (χ3v) is 1.05. The lowest BCUT2D eigenvalue weighted by Gasteiger charge is -2.12. The average Bonchev–Trinajstić information content (AvgIpc) is 2.10. The van der Waals surface area contributed by atoms with Crippen LogP contribution < -0.4 is 5.32 Å². The van der Waals surface area contributed by atoms with Crippen molar-refractivity contribution in [3.63, 3.8) is 0 Å². The number of nitrogens with one attached hydrogen (secondary N) is 1. The Morgan fingerprint density at radius 1 is 1.54 bits per heavy atom. The molecule has 1 amide bonds. The van der Waals surface area contributed by atoms with Gasteiger partial charge in [0.25, 0.3) is 0 Å². The van der Waals surface area contributed by atoms with Crippen molar-refractivity contribution in [2.75, 3.05) is 7.11 Å². The summed E-state index contributed by atoms with van der Waals surface area (Å²) in [5.74, 6) is -3.35. The zero-order valence-corrected chi connectivity index (χ0v) is 6.64. The summed E-state index contributed by atoms with van der Waals surface area (Å²) in [5, 5.41) is 1.33. The molecule has 0 aliphatic heterocycles. The van der Waals surface area contributed by atoms with Gasteiger partial charge in [0.2, 0.25) is 0 Å². The maximum Gasteiger partial charge on any atom is 0.471 e. The molecule has 0 saturated heterocycles. The molecule has 0 rings (SSSR count). The predicted octanol–water partition coefficient (Wildman–Crippen LogP) is 0.226. The largest absolute Gasteiger partial charge is 0.471 e. The van der Waals surface area contributed by atoms with Crippen LogP contribution in [0.2, 0.25) is 0 Å². The normalized spacial score (nSPS) is 14.3. The molecule has 0 radical (unpaired) electrons. The fraction of sp³-hybridized carbons (Fsp3) is 0.667. The van der Waals surface area contributed by atoms with Crippen molar-refractivity contribution >= 4 is 11.9 Å². The van der Waals surface area contributed by atoms with E-state index < -0.39 is 31.0 Å². The van der Waals surface area contributed by atoms with Crippen LogP contribution in [0.5, 0.6) is 0 Å². The molecule has 0 aliphatic rings. The smallest absolute Gasteiger partial charge is 0.467 e. The van der Waals surface area contributed by atoms with Crippen LogP contribution >= 0.6 is 0 Å². The Kier molecular flexibility index (Phi) is 3.10. The summed E-state index contributed by atoms with van der Waals surface area (Å²) in [6, 6.07) is -1.59. The van der Waals surface area contributed by atoms with Crippen molar-refractivity contribution in [3.8, 4) is 0 Å². The zero-order chi connectivity index (χ0) is 11.4. The summed E-state index contributed by atoms with van der Waals surface area (Å²) in [4.78, 5) is 21.0. The van der Waals surface area contributed by atoms with Crippen LogP contribution in [0.15, 0.2) is 0 Å². The highest BCUT2D eigenvalue weighted by Crippen LogP contribution is 2.14. The summed E-state index contributed by atoms with van der Waals surface area (Å²) >= 11 is 0. The Morgan fingerprint density at radius 2 is 2.08 bits per heavy atom. The van der Waals surface area contributed by atoms with Crippen LogP contribution in [-0.4, -0.2) is 31.2 Å². The van der Waals surface area contributed by atoms with E-state index in [1.165, 1.54) is 5.32 Å². The quantitative estimate of drug-likeness (QED) is 0.649. The molecule has 0 spiro atoms. The van der Waals surface area contributed by atoms with Crippen LogP contribution in [0.4, 0.5) is 13.2 Å². The van der Waals surface area contributed by atoms with Crippen LogP contribution in [-0.2, 0) is 14.3 Å². The molecule has 13 heavy (non-hydrogen) atoms. The van der Waals surface area contributed by atoms with Gasteiger partial charge in [-0.05, 0) is 6.90 Å². The Bertz CT molecular complexity index is 231. The highest BCUT2D eigenvalue weighted by Gasteiger charge is 2.40. The molecule has 4 nitrogen and oxygen atoms in total. The second-order valence-corrected chi connectivity index (χ2v) is 2.05. The topological polar surface area (TPSA) is 55.4 Å². The molecule has 0 fully saturated rings. The number of alkyl halides is 3. The predicted molar refractivity (Wildman–Crippen MR) is 35.7 cm³/mol. The first-order valence-electron chi connectivity index (χ1n) is 3.78. The summed E-state index contributed by atoms with van der Waals surface area (Å²) in [5.41, 5.74) is 0. The Labute approximate surface area is 73.5 Å². The lowest BCUT2D eigenvalue weighted by Crippen LogP contribution is -2.45. The van der Waals surface area contributed by atoms with E-state index in [4.69, 9.17) is 1.37 Å². The number of hydrogen-bond donors (Lipinski definition) is 1. The number of ether oxygens (including phenoxy) is 1. The molecule has 0 aromatic rings. The molecule has 0 aliphatic carbocycles. The van der Waals surface area contributed by atoms with Crippen LogP contribution in [0.25, 0.3) is 0 Å². The van der Waals surface area contributed by atoms with Crippen molar-refractivity contribution in [1.29, 1.82) is 0 Å². The molecular formula is C6H8F3NO3. The molecule has 76 valence electrons. The SMILES string of the molecule is [2H]C[C@H](NC(=O)C(F)(F)F)C(=O)OC. The van der Waals surface area contributed by atoms with E-state index in [0.717, 1.165) is 7.11 Å². The highest BCUT2D eigenvalue weighted by molar-refractivity contribution is 5.87. The Hall–Kier alpha value is -1.27. The van der Waals surface area contributed by atoms with Crippen molar-refractivity contribution < 1.29 is 28.9 Å². The van der Waals surface area contributed by atoms with Crippen molar-refractivity contribution in [1.82, 2.24) is 5.32 Å². The number of halogens is 3. The first kappa shape index (κ1) is 9.82. The molecule has 0 heterocycles. The summed E-state index contributed by atoms with van der Waals surface area (Å²) < 4.78 is 45.8. The van der Waals surface area contributed by atoms with Gasteiger partial charge in [0, 0.05) is 1.37 Å². The van der Waals surface area contributed by atoms with Gasteiger partial charge in [0.05, 0.1) is 7.11 Å². The number of carbonyl (C=O) groups is 2. The van der Waals surface area contributed by atoms with Gasteiger partial charge in [0.1, 0.15) is 6.04 Å². The first-order valence-corrected chi connectivity index (χ1v) is 3.07. The van der Waals surface area contributed by atoms with Gasteiger partial charge in [0.15, 0.2) is 0 Å². The molecule has 7 heteroatoms. The van der Waals surface area contributed by atoms with E-state index in [9.17, 15) is 22.8 Å². The Balaban J connectivity index is 4.34. The minimum absolute atomic E-state index is 0.714. The number of esters is 1. The van der Waals surface area contributed by atoms with Gasteiger partial charge < -0.3 is 10.1 Å². The molecule has 0 aromatic carbocycles. The van der Waals surface area contributed by atoms with Gasteiger partial charge in [-0.1, -0.05) is 0 Å². The minimum atomic E-state index is -5.07. The molecule has 1 atom stereocenters. The first-order chi connectivity index (χ1) is 6.32. The van der Waals surface area contributed by atoms with Gasteiger partial charge >= 0.3 is 18.1 Å². The van der Waals surface area contributed by atoms with Crippen molar-refractivity contribution in [2.45, 2.75) is 19.1 Å². The molecule has 0 unspecified atom stereocenters. The van der Waals surface area contributed by atoms with Gasteiger partial charge in [-0.3, -0.25) is 4.79 Å². The molecule has 0 bridgehead atoms. The summed E-state index contributed by atoms with van der Waals surface area (Å²) in [6.07, 6.45) is -5.07. The van der Waals surface area contributed by atoms with Crippen LogP contribution in [0.3, 0.4) is 0 Å². The lowest BCUT2D eigenvalue weighted by atomic mass is 10.3. The summed E-state index contributed by atoms with van der Waals surface area (Å²) in [7, 11) is 0.949. The lowest BCUT2D eigenvalue weighted by molar-refractivity contribution is -0.175.